The molecule has 0 aromatic carbocycles. The second kappa shape index (κ2) is 4.06. The molecule has 86 valence electrons. The summed E-state index contributed by atoms with van der Waals surface area (Å²) in [6, 6.07) is -0.341. The number of alkyl halides is 1. The zero-order valence-corrected chi connectivity index (χ0v) is 10.8. The van der Waals surface area contributed by atoms with Crippen LogP contribution in [0.15, 0.2) is 0 Å². The topological polar surface area (TPSA) is 46.3 Å². The maximum atomic E-state index is 11.7. The normalized spacial score (nSPS) is 36.7. The summed E-state index contributed by atoms with van der Waals surface area (Å²) in [7, 11) is 0. The number of hydrogen-bond acceptors (Lipinski definition) is 2. The number of amides is 1. The van der Waals surface area contributed by atoms with Crippen molar-refractivity contribution in [2.45, 2.75) is 32.2 Å². The third-order valence-corrected chi connectivity index (χ3v) is 4.72. The van der Waals surface area contributed by atoms with Gasteiger partial charge in [-0.25, -0.2) is 0 Å². The zero-order valence-electron chi connectivity index (χ0n) is 9.21. The highest BCUT2D eigenvalue weighted by Crippen LogP contribution is 2.52. The minimum absolute atomic E-state index is 0.120. The maximum absolute atomic E-state index is 11.7. The van der Waals surface area contributed by atoms with E-state index in [4.69, 9.17) is 5.73 Å². The van der Waals surface area contributed by atoms with E-state index < -0.39 is 0 Å². The van der Waals surface area contributed by atoms with Gasteiger partial charge in [0.1, 0.15) is 0 Å². The molecule has 2 fully saturated rings. The van der Waals surface area contributed by atoms with E-state index >= 15 is 0 Å². The molecule has 1 amide bonds. The number of carbonyl (C=O) groups is 1. The van der Waals surface area contributed by atoms with E-state index in [2.05, 4.69) is 15.9 Å². The molecule has 2 aliphatic rings. The van der Waals surface area contributed by atoms with Gasteiger partial charge in [0.25, 0.3) is 0 Å². The molecule has 3 nitrogen and oxygen atoms in total. The molecule has 1 aliphatic carbocycles. The Labute approximate surface area is 99.5 Å². The van der Waals surface area contributed by atoms with Gasteiger partial charge in [0.2, 0.25) is 5.91 Å². The Balaban J connectivity index is 1.88. The van der Waals surface area contributed by atoms with Crippen molar-refractivity contribution < 1.29 is 4.79 Å². The zero-order chi connectivity index (χ0) is 11.1. The van der Waals surface area contributed by atoms with Crippen LogP contribution in [-0.2, 0) is 4.79 Å². The van der Waals surface area contributed by atoms with Crippen LogP contribution >= 0.6 is 15.9 Å². The van der Waals surface area contributed by atoms with Crippen LogP contribution in [0.25, 0.3) is 0 Å². The quantitative estimate of drug-likeness (QED) is 0.773. The summed E-state index contributed by atoms with van der Waals surface area (Å²) < 4.78 is 0. The number of nitrogens with zero attached hydrogens (tertiary/aromatic N) is 1. The molecule has 1 aliphatic heterocycles. The van der Waals surface area contributed by atoms with Gasteiger partial charge in [-0.1, -0.05) is 15.9 Å². The van der Waals surface area contributed by atoms with Crippen molar-refractivity contribution in [2.75, 3.05) is 18.4 Å². The van der Waals surface area contributed by atoms with Gasteiger partial charge >= 0.3 is 0 Å². The Kier molecular flexibility index (Phi) is 3.08. The van der Waals surface area contributed by atoms with E-state index in [1.807, 2.05) is 4.90 Å². The molecular formula is C11H19BrN2O. The van der Waals surface area contributed by atoms with Crippen LogP contribution in [0, 0.1) is 11.3 Å². The second-order valence-electron chi connectivity index (χ2n) is 5.23. The highest BCUT2D eigenvalue weighted by Gasteiger charge is 2.48. The largest absolute Gasteiger partial charge is 0.341 e. The number of nitrogens with two attached hydrogens (primary N) is 1. The molecule has 4 heteroatoms. The first kappa shape index (κ1) is 11.4. The summed E-state index contributed by atoms with van der Waals surface area (Å²) in [5, 5.41) is 1.11. The van der Waals surface area contributed by atoms with Gasteiger partial charge in [-0.15, -0.1) is 0 Å². The third kappa shape index (κ3) is 2.07. The molecular weight excluding hydrogens is 256 g/mol. The standard InChI is InChI=1S/C11H19BrN2O/c1-8(13)10(15)14-3-2-11(7-14)4-9(5-11)6-12/h8-9H,2-7,13H2,1H3/t8-,9?,11?/m0/s1. The van der Waals surface area contributed by atoms with E-state index in [1.165, 1.54) is 19.3 Å². The number of halogens is 1. The van der Waals surface area contributed by atoms with Gasteiger partial charge in [0.15, 0.2) is 0 Å². The highest BCUT2D eigenvalue weighted by molar-refractivity contribution is 9.09. The number of carbonyl (C=O) groups excluding carboxylic acids is 1. The first-order chi connectivity index (χ1) is 7.06. The number of hydrogen-bond donors (Lipinski definition) is 1. The SMILES string of the molecule is C[C@H](N)C(=O)N1CCC2(CC(CBr)C2)C1. The van der Waals surface area contributed by atoms with Gasteiger partial charge in [0.05, 0.1) is 6.04 Å². The summed E-state index contributed by atoms with van der Waals surface area (Å²) in [6.07, 6.45) is 3.73. The van der Waals surface area contributed by atoms with Crippen molar-refractivity contribution >= 4 is 21.8 Å². The van der Waals surface area contributed by atoms with Gasteiger partial charge in [-0.2, -0.15) is 0 Å². The van der Waals surface area contributed by atoms with E-state index in [0.717, 1.165) is 24.3 Å². The van der Waals surface area contributed by atoms with Crippen molar-refractivity contribution in [1.29, 1.82) is 0 Å². The lowest BCUT2D eigenvalue weighted by molar-refractivity contribution is -0.132. The summed E-state index contributed by atoms with van der Waals surface area (Å²) in [5.74, 6) is 0.949. The highest BCUT2D eigenvalue weighted by atomic mass is 79.9. The lowest BCUT2D eigenvalue weighted by Crippen LogP contribution is -2.45. The van der Waals surface area contributed by atoms with Crippen LogP contribution in [0.3, 0.4) is 0 Å². The lowest BCUT2D eigenvalue weighted by Gasteiger charge is -2.44. The predicted octanol–water partition coefficient (Wildman–Crippen LogP) is 1.36. The molecule has 2 rings (SSSR count). The molecule has 1 spiro atoms. The number of rotatable bonds is 2. The molecule has 0 aromatic rings. The Morgan fingerprint density at radius 3 is 2.87 bits per heavy atom. The average Bonchev–Trinajstić information content (AvgIpc) is 2.58. The van der Waals surface area contributed by atoms with Crippen LogP contribution in [0.4, 0.5) is 0 Å². The first-order valence-corrected chi connectivity index (χ1v) is 6.79. The van der Waals surface area contributed by atoms with Gasteiger partial charge < -0.3 is 10.6 Å². The minimum atomic E-state index is -0.341. The molecule has 0 unspecified atom stereocenters. The molecule has 0 radical (unpaired) electrons. The van der Waals surface area contributed by atoms with Crippen LogP contribution in [0.1, 0.15) is 26.2 Å². The average molecular weight is 275 g/mol. The van der Waals surface area contributed by atoms with E-state index in [-0.39, 0.29) is 11.9 Å². The molecule has 2 N–H and O–H groups in total. The van der Waals surface area contributed by atoms with Crippen molar-refractivity contribution in [3.05, 3.63) is 0 Å². The van der Waals surface area contributed by atoms with Gasteiger partial charge in [-0.3, -0.25) is 4.79 Å². The Morgan fingerprint density at radius 2 is 2.33 bits per heavy atom. The Bertz CT molecular complexity index is 261. The number of likely N-dealkylation sites (tertiary alicyclic amines) is 1. The van der Waals surface area contributed by atoms with Gasteiger partial charge in [-0.05, 0) is 37.5 Å². The molecule has 1 saturated carbocycles. The minimum Gasteiger partial charge on any atom is -0.341 e. The summed E-state index contributed by atoms with van der Waals surface area (Å²) in [5.41, 5.74) is 6.07. The van der Waals surface area contributed by atoms with E-state index in [0.29, 0.717) is 5.41 Å². The van der Waals surface area contributed by atoms with Crippen LogP contribution in [-0.4, -0.2) is 35.3 Å². The van der Waals surface area contributed by atoms with Crippen molar-refractivity contribution in [3.8, 4) is 0 Å². The first-order valence-electron chi connectivity index (χ1n) is 5.67. The Morgan fingerprint density at radius 1 is 1.67 bits per heavy atom. The maximum Gasteiger partial charge on any atom is 0.239 e. The second-order valence-corrected chi connectivity index (χ2v) is 5.87. The molecule has 1 heterocycles. The van der Waals surface area contributed by atoms with Crippen LogP contribution < -0.4 is 5.73 Å². The molecule has 0 bridgehead atoms. The van der Waals surface area contributed by atoms with Crippen molar-refractivity contribution in [1.82, 2.24) is 4.90 Å². The van der Waals surface area contributed by atoms with Crippen molar-refractivity contribution in [2.24, 2.45) is 17.1 Å². The van der Waals surface area contributed by atoms with E-state index in [1.54, 1.807) is 6.92 Å². The fraction of sp³-hybridized carbons (Fsp3) is 0.909. The summed E-state index contributed by atoms with van der Waals surface area (Å²) in [6.45, 7) is 3.63. The van der Waals surface area contributed by atoms with Crippen molar-refractivity contribution in [3.63, 3.8) is 0 Å². The summed E-state index contributed by atoms with van der Waals surface area (Å²) >= 11 is 3.52. The molecule has 1 saturated heterocycles. The van der Waals surface area contributed by atoms with Crippen LogP contribution in [0.5, 0.6) is 0 Å². The Hall–Kier alpha value is -0.0900. The fourth-order valence-electron chi connectivity index (χ4n) is 3.02. The monoisotopic (exact) mass is 274 g/mol. The molecule has 1 atom stereocenters. The van der Waals surface area contributed by atoms with E-state index in [9.17, 15) is 4.79 Å². The fourth-order valence-corrected chi connectivity index (χ4v) is 3.48. The summed E-state index contributed by atoms with van der Waals surface area (Å²) in [4.78, 5) is 13.7. The smallest absolute Gasteiger partial charge is 0.239 e. The van der Waals surface area contributed by atoms with Crippen LogP contribution in [0.2, 0.25) is 0 Å². The van der Waals surface area contributed by atoms with Gasteiger partial charge in [0, 0.05) is 18.4 Å². The lowest BCUT2D eigenvalue weighted by atomic mass is 9.62. The molecule has 0 aromatic heterocycles. The third-order valence-electron chi connectivity index (χ3n) is 3.80. The molecule has 15 heavy (non-hydrogen) atoms. The predicted molar refractivity (Wildman–Crippen MR) is 63.8 cm³/mol.